The Labute approximate surface area is 148 Å². The molecule has 1 aliphatic heterocycles. The molecular formula is C20H24N2O3. The molecule has 3 rings (SSSR count). The first-order valence-corrected chi connectivity index (χ1v) is 8.68. The van der Waals surface area contributed by atoms with Gasteiger partial charge >= 0.3 is 0 Å². The fourth-order valence-electron chi connectivity index (χ4n) is 3.07. The number of nitrogens with two attached hydrogens (primary N) is 1. The normalized spacial score (nSPS) is 20.0. The number of carbonyl (C=O) groups is 1. The van der Waals surface area contributed by atoms with E-state index in [0.717, 1.165) is 29.8 Å². The monoisotopic (exact) mass is 340 g/mol. The van der Waals surface area contributed by atoms with Gasteiger partial charge in [0.2, 0.25) is 5.91 Å². The Morgan fingerprint density at radius 3 is 2.64 bits per heavy atom. The summed E-state index contributed by atoms with van der Waals surface area (Å²) in [4.78, 5) is 12.8. The molecule has 2 aromatic rings. The summed E-state index contributed by atoms with van der Waals surface area (Å²) in [6.45, 7) is 1.64. The van der Waals surface area contributed by atoms with Crippen molar-refractivity contribution in [2.45, 2.75) is 18.9 Å². The Balaban J connectivity index is 1.66. The Bertz CT molecular complexity index is 673. The second-order valence-corrected chi connectivity index (χ2v) is 6.10. The second kappa shape index (κ2) is 8.65. The van der Waals surface area contributed by atoms with Crippen molar-refractivity contribution >= 4 is 11.6 Å². The molecule has 1 fully saturated rings. The molecule has 2 atom stereocenters. The topological polar surface area (TPSA) is 73.6 Å². The highest BCUT2D eigenvalue weighted by Crippen LogP contribution is 2.34. The van der Waals surface area contributed by atoms with E-state index in [1.165, 1.54) is 0 Å². The van der Waals surface area contributed by atoms with Crippen LogP contribution in [0.15, 0.2) is 54.6 Å². The van der Waals surface area contributed by atoms with Crippen molar-refractivity contribution in [3.05, 3.63) is 60.2 Å². The predicted molar refractivity (Wildman–Crippen MR) is 97.5 cm³/mol. The van der Waals surface area contributed by atoms with Crippen molar-refractivity contribution < 1.29 is 14.3 Å². The highest BCUT2D eigenvalue weighted by Gasteiger charge is 2.33. The van der Waals surface area contributed by atoms with Crippen LogP contribution in [-0.4, -0.2) is 25.7 Å². The maximum absolute atomic E-state index is 12.8. The van der Waals surface area contributed by atoms with Crippen molar-refractivity contribution in [2.24, 2.45) is 11.7 Å². The van der Waals surface area contributed by atoms with E-state index >= 15 is 0 Å². The zero-order valence-electron chi connectivity index (χ0n) is 14.2. The first-order chi connectivity index (χ1) is 12.3. The maximum atomic E-state index is 12.8. The molecule has 0 aliphatic carbocycles. The lowest BCUT2D eigenvalue weighted by molar-refractivity contribution is -0.129. The van der Waals surface area contributed by atoms with Crippen molar-refractivity contribution in [2.75, 3.05) is 25.1 Å². The van der Waals surface area contributed by atoms with Crippen LogP contribution in [0.5, 0.6) is 5.75 Å². The largest absolute Gasteiger partial charge is 0.492 e. The van der Waals surface area contributed by atoms with E-state index in [0.29, 0.717) is 19.8 Å². The van der Waals surface area contributed by atoms with Gasteiger partial charge in [-0.2, -0.15) is 0 Å². The van der Waals surface area contributed by atoms with E-state index < -0.39 is 0 Å². The molecule has 1 saturated heterocycles. The lowest BCUT2D eigenvalue weighted by Gasteiger charge is -2.31. The Morgan fingerprint density at radius 1 is 1.16 bits per heavy atom. The van der Waals surface area contributed by atoms with E-state index in [1.807, 2.05) is 54.6 Å². The number of rotatable bonds is 6. The molecule has 0 aromatic heterocycles. The van der Waals surface area contributed by atoms with Gasteiger partial charge in [0, 0.05) is 18.8 Å². The van der Waals surface area contributed by atoms with Gasteiger partial charge in [-0.15, -0.1) is 0 Å². The molecule has 132 valence electrons. The van der Waals surface area contributed by atoms with E-state index in [-0.39, 0.29) is 17.9 Å². The molecule has 3 N–H and O–H groups in total. The standard InChI is InChI=1S/C20H24N2O3/c21-12-14-24-17-10-8-16(9-11-17)22-20(23)18-7-4-13-25-19(18)15-5-2-1-3-6-15/h1-3,5-6,8-11,18-19H,4,7,12-14,21H2,(H,22,23). The van der Waals surface area contributed by atoms with Crippen LogP contribution in [0.2, 0.25) is 0 Å². The summed E-state index contributed by atoms with van der Waals surface area (Å²) in [5.41, 5.74) is 7.22. The van der Waals surface area contributed by atoms with Crippen LogP contribution in [0.1, 0.15) is 24.5 Å². The van der Waals surface area contributed by atoms with Crippen LogP contribution in [0.25, 0.3) is 0 Å². The van der Waals surface area contributed by atoms with Crippen LogP contribution in [0, 0.1) is 5.92 Å². The minimum Gasteiger partial charge on any atom is -0.492 e. The summed E-state index contributed by atoms with van der Waals surface area (Å²) in [5, 5.41) is 3.00. The van der Waals surface area contributed by atoms with E-state index in [2.05, 4.69) is 5.32 Å². The van der Waals surface area contributed by atoms with Gasteiger partial charge in [-0.1, -0.05) is 30.3 Å². The number of anilines is 1. The van der Waals surface area contributed by atoms with Gasteiger partial charge in [0.1, 0.15) is 12.4 Å². The SMILES string of the molecule is NCCOc1ccc(NC(=O)C2CCCOC2c2ccccc2)cc1. The summed E-state index contributed by atoms with van der Waals surface area (Å²) in [5.74, 6) is 0.542. The average Bonchev–Trinajstić information content (AvgIpc) is 2.68. The molecule has 2 unspecified atom stereocenters. The molecule has 0 bridgehead atoms. The zero-order chi connectivity index (χ0) is 17.5. The Hall–Kier alpha value is -2.37. The van der Waals surface area contributed by atoms with Gasteiger partial charge in [0.05, 0.1) is 12.0 Å². The predicted octanol–water partition coefficient (Wildman–Crippen LogP) is 3.13. The van der Waals surface area contributed by atoms with Gasteiger partial charge in [0.15, 0.2) is 0 Å². The summed E-state index contributed by atoms with van der Waals surface area (Å²) in [6, 6.07) is 17.3. The van der Waals surface area contributed by atoms with Crippen molar-refractivity contribution in [1.29, 1.82) is 0 Å². The van der Waals surface area contributed by atoms with Crippen molar-refractivity contribution in [3.63, 3.8) is 0 Å². The van der Waals surface area contributed by atoms with Crippen LogP contribution < -0.4 is 15.8 Å². The number of benzene rings is 2. The molecule has 5 nitrogen and oxygen atoms in total. The third-order valence-corrected chi connectivity index (χ3v) is 4.30. The Kier molecular flexibility index (Phi) is 6.04. The third-order valence-electron chi connectivity index (χ3n) is 4.30. The summed E-state index contributed by atoms with van der Waals surface area (Å²) in [6.07, 6.45) is 1.53. The number of carbonyl (C=O) groups excluding carboxylic acids is 1. The van der Waals surface area contributed by atoms with Gasteiger partial charge < -0.3 is 20.5 Å². The van der Waals surface area contributed by atoms with Crippen molar-refractivity contribution in [3.8, 4) is 5.75 Å². The highest BCUT2D eigenvalue weighted by atomic mass is 16.5. The third kappa shape index (κ3) is 4.59. The molecule has 1 amide bonds. The van der Waals surface area contributed by atoms with E-state index in [1.54, 1.807) is 0 Å². The summed E-state index contributed by atoms with van der Waals surface area (Å²) >= 11 is 0. The van der Waals surface area contributed by atoms with Crippen LogP contribution in [0.4, 0.5) is 5.69 Å². The molecule has 2 aromatic carbocycles. The molecule has 0 spiro atoms. The fourth-order valence-corrected chi connectivity index (χ4v) is 3.07. The molecule has 0 saturated carbocycles. The van der Waals surface area contributed by atoms with Crippen molar-refractivity contribution in [1.82, 2.24) is 0 Å². The van der Waals surface area contributed by atoms with Crippen LogP contribution >= 0.6 is 0 Å². The van der Waals surface area contributed by atoms with Gasteiger partial charge in [-0.05, 0) is 42.7 Å². The molecule has 0 radical (unpaired) electrons. The van der Waals surface area contributed by atoms with Gasteiger partial charge in [0.25, 0.3) is 0 Å². The minimum atomic E-state index is -0.192. The first kappa shape index (κ1) is 17.5. The maximum Gasteiger partial charge on any atom is 0.230 e. The molecule has 5 heteroatoms. The summed E-state index contributed by atoms with van der Waals surface area (Å²) in [7, 11) is 0. The number of amides is 1. The molecule has 1 aliphatic rings. The molecular weight excluding hydrogens is 316 g/mol. The number of nitrogens with one attached hydrogen (secondary N) is 1. The fraction of sp³-hybridized carbons (Fsp3) is 0.350. The lowest BCUT2D eigenvalue weighted by Crippen LogP contribution is -2.33. The number of hydrogen-bond acceptors (Lipinski definition) is 4. The quantitative estimate of drug-likeness (QED) is 0.847. The number of ether oxygens (including phenoxy) is 2. The minimum absolute atomic E-state index is 0.0100. The highest BCUT2D eigenvalue weighted by molar-refractivity contribution is 5.93. The van der Waals surface area contributed by atoms with Crippen LogP contribution in [0.3, 0.4) is 0 Å². The van der Waals surface area contributed by atoms with Gasteiger partial charge in [-0.3, -0.25) is 4.79 Å². The van der Waals surface area contributed by atoms with E-state index in [4.69, 9.17) is 15.2 Å². The number of hydrogen-bond donors (Lipinski definition) is 2. The lowest BCUT2D eigenvalue weighted by atomic mass is 9.88. The average molecular weight is 340 g/mol. The van der Waals surface area contributed by atoms with Crippen LogP contribution in [-0.2, 0) is 9.53 Å². The smallest absolute Gasteiger partial charge is 0.230 e. The first-order valence-electron chi connectivity index (χ1n) is 8.68. The van der Waals surface area contributed by atoms with E-state index in [9.17, 15) is 4.79 Å². The molecule has 1 heterocycles. The Morgan fingerprint density at radius 2 is 1.92 bits per heavy atom. The molecule has 25 heavy (non-hydrogen) atoms. The zero-order valence-corrected chi connectivity index (χ0v) is 14.2. The second-order valence-electron chi connectivity index (χ2n) is 6.10. The summed E-state index contributed by atoms with van der Waals surface area (Å²) < 4.78 is 11.4. The van der Waals surface area contributed by atoms with Gasteiger partial charge in [-0.25, -0.2) is 0 Å².